The maximum Gasteiger partial charge on any atom is 0.332 e. The van der Waals surface area contributed by atoms with Gasteiger partial charge in [-0.15, -0.1) is 0 Å². The molecule has 0 spiro atoms. The first-order chi connectivity index (χ1) is 10.1. The Labute approximate surface area is 122 Å². The van der Waals surface area contributed by atoms with Crippen LogP contribution in [-0.2, 0) is 9.53 Å². The number of esters is 1. The number of nitrogens with one attached hydrogen (secondary N) is 2. The molecule has 7 nitrogen and oxygen atoms in total. The van der Waals surface area contributed by atoms with Crippen LogP contribution in [0.4, 0.5) is 5.69 Å². The van der Waals surface area contributed by atoms with E-state index in [1.54, 1.807) is 12.1 Å². The topological polar surface area (TPSA) is 93.5 Å². The number of nitro groups is 1. The van der Waals surface area contributed by atoms with E-state index in [0.29, 0.717) is 13.0 Å². The summed E-state index contributed by atoms with van der Waals surface area (Å²) in [5.41, 5.74) is 1.80. The fourth-order valence-corrected chi connectivity index (χ4v) is 2.21. The van der Waals surface area contributed by atoms with Gasteiger partial charge in [-0.05, 0) is 5.56 Å². The maximum absolute atomic E-state index is 11.3. The molecular formula is C14H17N3O4. The number of non-ortho nitro benzene ring substituents is 1. The van der Waals surface area contributed by atoms with Gasteiger partial charge in [0, 0.05) is 49.5 Å². The summed E-state index contributed by atoms with van der Waals surface area (Å²) in [4.78, 5) is 21.6. The lowest BCUT2D eigenvalue weighted by molar-refractivity contribution is -0.384. The molecule has 112 valence electrons. The van der Waals surface area contributed by atoms with Gasteiger partial charge in [-0.1, -0.05) is 12.1 Å². The number of ether oxygens (including phenoxy) is 1. The molecule has 1 aliphatic rings. The molecule has 1 heterocycles. The maximum atomic E-state index is 11.3. The average Bonchev–Trinajstić information content (AvgIpc) is 2.72. The van der Waals surface area contributed by atoms with Gasteiger partial charge in [-0.3, -0.25) is 10.1 Å². The lowest BCUT2D eigenvalue weighted by Gasteiger charge is -2.16. The van der Waals surface area contributed by atoms with Crippen LogP contribution in [0.15, 0.2) is 36.0 Å². The quantitative estimate of drug-likeness (QED) is 0.377. The minimum absolute atomic E-state index is 0.00305. The summed E-state index contributed by atoms with van der Waals surface area (Å²) in [5.74, 6) is -0.401. The van der Waals surface area contributed by atoms with Crippen LogP contribution in [0.3, 0.4) is 0 Å². The van der Waals surface area contributed by atoms with E-state index in [9.17, 15) is 14.9 Å². The van der Waals surface area contributed by atoms with Crippen LogP contribution in [0.25, 0.3) is 0 Å². The Morgan fingerprint density at radius 2 is 2.10 bits per heavy atom. The monoisotopic (exact) mass is 291 g/mol. The molecule has 1 atom stereocenters. The largest absolute Gasteiger partial charge is 0.466 e. The molecule has 1 aromatic carbocycles. The number of rotatable bonds is 3. The highest BCUT2D eigenvalue weighted by molar-refractivity contribution is 5.82. The van der Waals surface area contributed by atoms with Crippen molar-refractivity contribution in [1.29, 1.82) is 0 Å². The van der Waals surface area contributed by atoms with Gasteiger partial charge < -0.3 is 15.4 Å². The minimum Gasteiger partial charge on any atom is -0.466 e. The fourth-order valence-electron chi connectivity index (χ4n) is 2.21. The van der Waals surface area contributed by atoms with Crippen molar-refractivity contribution in [2.45, 2.75) is 12.5 Å². The standard InChI is InChI=1S/C14H17N3O4/c1-21-14(18)9-11-8-13(16-7-6-15-11)10-2-4-12(5-3-10)17(19)20/h2-5,9,13,15-16H,6-8H2,1H3/b11-9-. The van der Waals surface area contributed by atoms with Crippen molar-refractivity contribution in [3.05, 3.63) is 51.7 Å². The molecule has 0 bridgehead atoms. The Kier molecular flexibility index (Phi) is 4.89. The van der Waals surface area contributed by atoms with Crippen molar-refractivity contribution in [3.8, 4) is 0 Å². The number of hydrogen-bond donors (Lipinski definition) is 2. The van der Waals surface area contributed by atoms with Gasteiger partial charge in [0.25, 0.3) is 5.69 Å². The van der Waals surface area contributed by atoms with E-state index < -0.39 is 10.9 Å². The van der Waals surface area contributed by atoms with Crippen LogP contribution in [-0.4, -0.2) is 31.1 Å². The molecule has 0 radical (unpaired) electrons. The summed E-state index contributed by atoms with van der Waals surface area (Å²) in [6.07, 6.45) is 2.03. The van der Waals surface area contributed by atoms with Gasteiger partial charge in [0.1, 0.15) is 0 Å². The predicted molar refractivity (Wildman–Crippen MR) is 76.6 cm³/mol. The van der Waals surface area contributed by atoms with Crippen molar-refractivity contribution < 1.29 is 14.5 Å². The molecule has 1 unspecified atom stereocenters. The van der Waals surface area contributed by atoms with Crippen LogP contribution in [0, 0.1) is 10.1 Å². The van der Waals surface area contributed by atoms with Gasteiger partial charge in [-0.2, -0.15) is 0 Å². The molecule has 1 aromatic rings. The lowest BCUT2D eigenvalue weighted by Crippen LogP contribution is -2.23. The average molecular weight is 291 g/mol. The Morgan fingerprint density at radius 1 is 1.38 bits per heavy atom. The van der Waals surface area contributed by atoms with E-state index in [-0.39, 0.29) is 11.7 Å². The van der Waals surface area contributed by atoms with Gasteiger partial charge in [0.15, 0.2) is 0 Å². The minimum atomic E-state index is -0.422. The Morgan fingerprint density at radius 3 is 2.71 bits per heavy atom. The van der Waals surface area contributed by atoms with Crippen molar-refractivity contribution in [2.24, 2.45) is 0 Å². The van der Waals surface area contributed by atoms with Crippen LogP contribution in [0.2, 0.25) is 0 Å². The number of carbonyl (C=O) groups excluding carboxylic acids is 1. The highest BCUT2D eigenvalue weighted by Gasteiger charge is 2.18. The highest BCUT2D eigenvalue weighted by Crippen LogP contribution is 2.23. The predicted octanol–water partition coefficient (Wildman–Crippen LogP) is 1.28. The number of nitrogens with zero attached hydrogens (tertiary/aromatic N) is 1. The lowest BCUT2D eigenvalue weighted by atomic mass is 10.0. The van der Waals surface area contributed by atoms with Crippen LogP contribution in [0.5, 0.6) is 0 Å². The summed E-state index contributed by atoms with van der Waals surface area (Å²) in [6.45, 7) is 1.44. The van der Waals surface area contributed by atoms with E-state index in [2.05, 4.69) is 15.4 Å². The SMILES string of the molecule is COC(=O)/C=C1/CC(c2ccc([N+](=O)[O-])cc2)NCCN1. The third kappa shape index (κ3) is 4.03. The van der Waals surface area contributed by atoms with Crippen LogP contribution < -0.4 is 10.6 Å². The van der Waals surface area contributed by atoms with Gasteiger partial charge >= 0.3 is 5.97 Å². The fraction of sp³-hybridized carbons (Fsp3) is 0.357. The highest BCUT2D eigenvalue weighted by atomic mass is 16.6. The molecule has 7 heteroatoms. The third-order valence-electron chi connectivity index (χ3n) is 3.29. The van der Waals surface area contributed by atoms with Gasteiger partial charge in [0.2, 0.25) is 0 Å². The summed E-state index contributed by atoms with van der Waals surface area (Å²) in [6, 6.07) is 6.43. The second-order valence-corrected chi connectivity index (χ2v) is 4.68. The van der Waals surface area contributed by atoms with E-state index in [1.165, 1.54) is 25.3 Å². The summed E-state index contributed by atoms with van der Waals surface area (Å²) in [5, 5.41) is 17.2. The van der Waals surface area contributed by atoms with E-state index in [0.717, 1.165) is 17.8 Å². The third-order valence-corrected chi connectivity index (χ3v) is 3.29. The van der Waals surface area contributed by atoms with Gasteiger partial charge in [-0.25, -0.2) is 4.79 Å². The zero-order valence-corrected chi connectivity index (χ0v) is 11.7. The molecule has 0 aliphatic carbocycles. The first-order valence-corrected chi connectivity index (χ1v) is 6.60. The zero-order valence-electron chi connectivity index (χ0n) is 11.7. The van der Waals surface area contributed by atoms with Crippen LogP contribution in [0.1, 0.15) is 18.0 Å². The van der Waals surface area contributed by atoms with E-state index in [1.807, 2.05) is 0 Å². The summed E-state index contributed by atoms with van der Waals surface area (Å²) < 4.78 is 4.63. The van der Waals surface area contributed by atoms with Gasteiger partial charge in [0.05, 0.1) is 12.0 Å². The molecule has 2 rings (SSSR count). The van der Waals surface area contributed by atoms with Crippen molar-refractivity contribution >= 4 is 11.7 Å². The first-order valence-electron chi connectivity index (χ1n) is 6.60. The second-order valence-electron chi connectivity index (χ2n) is 4.68. The van der Waals surface area contributed by atoms with Crippen molar-refractivity contribution in [3.63, 3.8) is 0 Å². The van der Waals surface area contributed by atoms with Crippen molar-refractivity contribution in [1.82, 2.24) is 10.6 Å². The normalized spacial score (nSPS) is 20.4. The Balaban J connectivity index is 2.15. The summed E-state index contributed by atoms with van der Waals surface area (Å²) >= 11 is 0. The number of nitro benzene ring substituents is 1. The molecule has 0 amide bonds. The Hall–Kier alpha value is -2.41. The Bertz CT molecular complexity index is 554. The molecule has 2 N–H and O–H groups in total. The smallest absolute Gasteiger partial charge is 0.332 e. The molecule has 0 aromatic heterocycles. The molecule has 1 aliphatic heterocycles. The first kappa shape index (κ1) is 15.0. The molecule has 1 fully saturated rings. The van der Waals surface area contributed by atoms with Crippen LogP contribution >= 0.6 is 0 Å². The number of benzene rings is 1. The molecule has 1 saturated heterocycles. The number of carbonyl (C=O) groups is 1. The molecule has 0 saturated carbocycles. The molecular weight excluding hydrogens is 274 g/mol. The van der Waals surface area contributed by atoms with E-state index in [4.69, 9.17) is 0 Å². The zero-order chi connectivity index (χ0) is 15.2. The summed E-state index contributed by atoms with van der Waals surface area (Å²) in [7, 11) is 1.34. The number of methoxy groups -OCH3 is 1. The number of hydrogen-bond acceptors (Lipinski definition) is 6. The van der Waals surface area contributed by atoms with E-state index >= 15 is 0 Å². The molecule has 21 heavy (non-hydrogen) atoms. The second kappa shape index (κ2) is 6.85. The van der Waals surface area contributed by atoms with Crippen molar-refractivity contribution in [2.75, 3.05) is 20.2 Å².